The maximum Gasteiger partial charge on any atom is 0.306 e. The van der Waals surface area contributed by atoms with Gasteiger partial charge in [-0.3, -0.25) is 4.79 Å². The van der Waals surface area contributed by atoms with Gasteiger partial charge in [-0.25, -0.2) is 9.97 Å². The molecule has 3 aromatic rings. The number of anilines is 1. The number of aromatic nitrogens is 4. The summed E-state index contributed by atoms with van der Waals surface area (Å²) in [5.74, 6) is 1.44. The monoisotopic (exact) mass is 673 g/mol. The molecule has 3 heterocycles. The van der Waals surface area contributed by atoms with Crippen LogP contribution in [0.2, 0.25) is 56.5 Å². The molecule has 0 spiro atoms. The summed E-state index contributed by atoms with van der Waals surface area (Å²) in [6.07, 6.45) is 8.00. The van der Waals surface area contributed by atoms with Gasteiger partial charge in [0.15, 0.2) is 5.65 Å². The number of pyridine rings is 1. The highest BCUT2D eigenvalue weighted by Gasteiger charge is 2.28. The summed E-state index contributed by atoms with van der Waals surface area (Å²) in [5, 5.41) is 5.27. The summed E-state index contributed by atoms with van der Waals surface area (Å²) >= 11 is 6.12. The third-order valence-electron chi connectivity index (χ3n) is 8.35. The Morgan fingerprint density at radius 1 is 0.978 bits per heavy atom. The first-order chi connectivity index (χ1) is 21.3. The predicted octanol–water partition coefficient (Wildman–Crippen LogP) is 8.10. The molecule has 9 nitrogen and oxygen atoms in total. The van der Waals surface area contributed by atoms with Gasteiger partial charge >= 0.3 is 5.97 Å². The molecule has 12 heteroatoms. The van der Waals surface area contributed by atoms with Gasteiger partial charge < -0.3 is 19.1 Å². The highest BCUT2D eigenvalue weighted by atomic mass is 35.5. The Labute approximate surface area is 276 Å². The molecule has 3 aromatic heterocycles. The predicted molar refractivity (Wildman–Crippen MR) is 188 cm³/mol. The van der Waals surface area contributed by atoms with Crippen molar-refractivity contribution in [2.24, 2.45) is 5.92 Å². The summed E-state index contributed by atoms with van der Waals surface area (Å²) in [7, 11) is -2.47. The maximum atomic E-state index is 12.1. The van der Waals surface area contributed by atoms with E-state index in [9.17, 15) is 4.79 Å². The normalized spacial score (nSPS) is 17.5. The minimum absolute atomic E-state index is 0.0952. The quantitative estimate of drug-likeness (QED) is 0.0495. The lowest BCUT2D eigenvalue weighted by molar-refractivity contribution is -0.144. The van der Waals surface area contributed by atoms with Crippen molar-refractivity contribution in [1.29, 1.82) is 0 Å². The van der Waals surface area contributed by atoms with Gasteiger partial charge in [0.2, 0.25) is 0 Å². The summed E-state index contributed by atoms with van der Waals surface area (Å²) in [6, 6.07) is 8.11. The minimum atomic E-state index is -1.24. The second-order valence-electron chi connectivity index (χ2n) is 14.7. The maximum absolute atomic E-state index is 12.1. The Balaban J connectivity index is 1.66. The third-order valence-corrected chi connectivity index (χ3v) is 12.0. The molecule has 0 bridgehead atoms. The number of hydrogen-bond acceptors (Lipinski definition) is 8. The van der Waals surface area contributed by atoms with E-state index in [1.54, 1.807) is 12.3 Å². The van der Waals surface area contributed by atoms with E-state index in [2.05, 4.69) is 55.2 Å². The van der Waals surface area contributed by atoms with Gasteiger partial charge in [-0.05, 0) is 62.7 Å². The first kappa shape index (κ1) is 35.5. The molecular formula is C33H52ClN5O4Si2. The zero-order chi connectivity index (χ0) is 32.6. The van der Waals surface area contributed by atoms with Gasteiger partial charge in [-0.2, -0.15) is 9.61 Å². The SMILES string of the molecule is CCOC(=O)CC1CCC(c2cc(N(COCC[Si](C)(C)C)COCC[Si](C)(C)C)n3ncc(-c4ccc(Cl)nc4)c3n2)CC1. The molecule has 1 saturated carbocycles. The first-order valence-corrected chi connectivity index (χ1v) is 24.2. The second-order valence-corrected chi connectivity index (χ2v) is 26.3. The molecule has 0 unspecified atom stereocenters. The Morgan fingerprint density at radius 2 is 1.62 bits per heavy atom. The molecular weight excluding hydrogens is 622 g/mol. The molecule has 0 aromatic carbocycles. The smallest absolute Gasteiger partial charge is 0.306 e. The summed E-state index contributed by atoms with van der Waals surface area (Å²) < 4.78 is 19.7. The van der Waals surface area contributed by atoms with Crippen molar-refractivity contribution in [2.45, 2.75) is 96.3 Å². The molecule has 0 N–H and O–H groups in total. The molecule has 0 saturated heterocycles. The van der Waals surface area contributed by atoms with Crippen LogP contribution < -0.4 is 4.90 Å². The molecule has 1 fully saturated rings. The van der Waals surface area contributed by atoms with Gasteiger partial charge in [-0.15, -0.1) is 0 Å². The Bertz CT molecular complexity index is 1360. The van der Waals surface area contributed by atoms with Crippen LogP contribution in [-0.2, 0) is 19.0 Å². The van der Waals surface area contributed by atoms with Crippen LogP contribution in [-0.4, -0.2) is 75.0 Å². The molecule has 0 aliphatic heterocycles. The third kappa shape index (κ3) is 10.9. The Hall–Kier alpha value is -2.32. The van der Waals surface area contributed by atoms with Crippen LogP contribution >= 0.6 is 11.6 Å². The summed E-state index contributed by atoms with van der Waals surface area (Å²) in [4.78, 5) is 23.8. The average molecular weight is 674 g/mol. The van der Waals surface area contributed by atoms with Gasteiger partial charge in [0.05, 0.1) is 12.8 Å². The van der Waals surface area contributed by atoms with Crippen molar-refractivity contribution in [1.82, 2.24) is 19.6 Å². The van der Waals surface area contributed by atoms with E-state index in [0.717, 1.165) is 66.1 Å². The van der Waals surface area contributed by atoms with Crippen LogP contribution in [0.5, 0.6) is 0 Å². The molecule has 248 valence electrons. The molecule has 1 aliphatic carbocycles. The zero-order valence-electron chi connectivity index (χ0n) is 28.3. The van der Waals surface area contributed by atoms with Crippen LogP contribution in [0.1, 0.15) is 50.6 Å². The first-order valence-electron chi connectivity index (χ1n) is 16.4. The number of carbonyl (C=O) groups is 1. The van der Waals surface area contributed by atoms with Crippen molar-refractivity contribution >= 4 is 45.2 Å². The van der Waals surface area contributed by atoms with E-state index in [4.69, 9.17) is 35.9 Å². The summed E-state index contributed by atoms with van der Waals surface area (Å²) in [6.45, 7) is 18.7. The highest BCUT2D eigenvalue weighted by Crippen LogP contribution is 2.38. The minimum Gasteiger partial charge on any atom is -0.466 e. The fourth-order valence-corrected chi connectivity index (χ4v) is 7.16. The van der Waals surface area contributed by atoms with Crippen LogP contribution in [0.4, 0.5) is 5.82 Å². The summed E-state index contributed by atoms with van der Waals surface area (Å²) in [5.41, 5.74) is 3.62. The topological polar surface area (TPSA) is 91.1 Å². The fraction of sp³-hybridized carbons (Fsp3) is 0.636. The Morgan fingerprint density at radius 3 is 2.18 bits per heavy atom. The van der Waals surface area contributed by atoms with Crippen LogP contribution in [0.15, 0.2) is 30.6 Å². The van der Waals surface area contributed by atoms with Gasteiger partial charge in [0.1, 0.15) is 24.4 Å². The van der Waals surface area contributed by atoms with E-state index in [1.807, 2.05) is 23.7 Å². The second kappa shape index (κ2) is 16.0. The highest BCUT2D eigenvalue weighted by molar-refractivity contribution is 6.76. The van der Waals surface area contributed by atoms with E-state index in [0.29, 0.717) is 50.8 Å². The number of esters is 1. The largest absolute Gasteiger partial charge is 0.466 e. The molecule has 4 rings (SSSR count). The van der Waals surface area contributed by atoms with E-state index >= 15 is 0 Å². The molecule has 45 heavy (non-hydrogen) atoms. The molecule has 0 atom stereocenters. The number of rotatable bonds is 16. The fourth-order valence-electron chi connectivity index (χ4n) is 5.53. The van der Waals surface area contributed by atoms with Crippen LogP contribution in [0, 0.1) is 5.92 Å². The zero-order valence-corrected chi connectivity index (χ0v) is 31.0. The van der Waals surface area contributed by atoms with Crippen molar-refractivity contribution in [3.05, 3.63) is 41.4 Å². The number of fused-ring (bicyclic) bond motifs is 1. The lowest BCUT2D eigenvalue weighted by Crippen LogP contribution is -2.33. The molecule has 0 radical (unpaired) electrons. The standard InChI is InChI=1S/C33H52ClN5O4Si2/c1-8-43-32(40)19-25-9-11-26(12-10-25)29-20-31(39-33(37-29)28(22-36-39)27-13-14-30(34)35-21-27)38(23-41-15-17-44(2,3)4)24-42-16-18-45(5,6)7/h13-14,20-22,25-26H,8-12,15-19,23-24H2,1-7H3. The van der Waals surface area contributed by atoms with E-state index in [-0.39, 0.29) is 11.9 Å². The Kier molecular flexibility index (Phi) is 12.6. The number of nitrogens with zero attached hydrogens (tertiary/aromatic N) is 5. The molecule has 0 amide bonds. The number of halogens is 1. The average Bonchev–Trinajstić information content (AvgIpc) is 3.40. The van der Waals surface area contributed by atoms with Crippen LogP contribution in [0.3, 0.4) is 0 Å². The van der Waals surface area contributed by atoms with Crippen LogP contribution in [0.25, 0.3) is 16.8 Å². The van der Waals surface area contributed by atoms with Gasteiger partial charge in [-0.1, -0.05) is 50.9 Å². The number of hydrogen-bond donors (Lipinski definition) is 0. The van der Waals surface area contributed by atoms with E-state index in [1.165, 1.54) is 0 Å². The van der Waals surface area contributed by atoms with Gasteiger partial charge in [0, 0.05) is 70.8 Å². The van der Waals surface area contributed by atoms with Crippen molar-refractivity contribution in [2.75, 3.05) is 38.2 Å². The lowest BCUT2D eigenvalue weighted by atomic mass is 9.79. The van der Waals surface area contributed by atoms with Crippen molar-refractivity contribution < 1.29 is 19.0 Å². The van der Waals surface area contributed by atoms with Crippen molar-refractivity contribution in [3.8, 4) is 11.1 Å². The molecule has 1 aliphatic rings. The van der Waals surface area contributed by atoms with Gasteiger partial charge in [0.25, 0.3) is 0 Å². The number of ether oxygens (including phenoxy) is 3. The number of carbonyl (C=O) groups excluding carboxylic acids is 1. The lowest BCUT2D eigenvalue weighted by Gasteiger charge is -2.30. The van der Waals surface area contributed by atoms with Crippen molar-refractivity contribution in [3.63, 3.8) is 0 Å². The van der Waals surface area contributed by atoms with E-state index < -0.39 is 16.1 Å².